The summed E-state index contributed by atoms with van der Waals surface area (Å²) in [7, 11) is 0. The molecule has 1 aliphatic rings. The van der Waals surface area contributed by atoms with E-state index in [1.807, 2.05) is 6.92 Å². The smallest absolute Gasteiger partial charge is 0.317 e. The molecule has 0 bridgehead atoms. The van der Waals surface area contributed by atoms with Crippen molar-refractivity contribution in [1.82, 2.24) is 10.2 Å². The number of ketones is 1. The van der Waals surface area contributed by atoms with Crippen molar-refractivity contribution in [2.24, 2.45) is 0 Å². The highest BCUT2D eigenvalue weighted by atomic mass is 16.2. The minimum Gasteiger partial charge on any atom is -0.338 e. The normalized spacial score (nSPS) is 15.5. The Bertz CT molecular complexity index is 194. The average Bonchev–Trinajstić information content (AvgIpc) is 2.22. The highest BCUT2D eigenvalue weighted by Gasteiger charge is 2.19. The Labute approximate surface area is 85.0 Å². The first-order valence-electron chi connectivity index (χ1n) is 4.78. The van der Waals surface area contributed by atoms with Gasteiger partial charge in [0.15, 0.2) is 0 Å². The van der Waals surface area contributed by atoms with Gasteiger partial charge in [-0.05, 0) is 6.92 Å². The van der Waals surface area contributed by atoms with Crippen LogP contribution in [0.2, 0.25) is 0 Å². The molecule has 0 aromatic carbocycles. The Morgan fingerprint density at radius 1 is 1.43 bits per heavy atom. The third kappa shape index (κ3) is 4.07. The van der Waals surface area contributed by atoms with Crippen LogP contribution >= 0.6 is 0 Å². The van der Waals surface area contributed by atoms with Crippen LogP contribution in [-0.2, 0) is 4.79 Å². The van der Waals surface area contributed by atoms with Crippen LogP contribution in [0.3, 0.4) is 0 Å². The van der Waals surface area contributed by atoms with E-state index in [1.54, 1.807) is 4.90 Å². The van der Waals surface area contributed by atoms with Crippen LogP contribution in [0, 0.1) is 0 Å². The van der Waals surface area contributed by atoms with E-state index in [0.717, 1.165) is 0 Å². The quantitative estimate of drug-likeness (QED) is 0.643. The van der Waals surface area contributed by atoms with Gasteiger partial charge in [0, 0.05) is 32.5 Å². The SMILES string of the molecule is C=C.CCNC(=O)N1CCC(=O)CC1. The van der Waals surface area contributed by atoms with Gasteiger partial charge in [-0.3, -0.25) is 4.79 Å². The van der Waals surface area contributed by atoms with Crippen LogP contribution in [-0.4, -0.2) is 36.3 Å². The van der Waals surface area contributed by atoms with Gasteiger partial charge in [-0.1, -0.05) is 0 Å². The molecule has 14 heavy (non-hydrogen) atoms. The maximum atomic E-state index is 11.2. The van der Waals surface area contributed by atoms with Crippen molar-refractivity contribution in [3.63, 3.8) is 0 Å². The Hall–Kier alpha value is -1.32. The third-order valence-electron chi connectivity index (χ3n) is 1.94. The lowest BCUT2D eigenvalue weighted by atomic mass is 10.1. The first-order chi connectivity index (χ1) is 6.74. The van der Waals surface area contributed by atoms with Gasteiger partial charge < -0.3 is 10.2 Å². The largest absolute Gasteiger partial charge is 0.338 e. The summed E-state index contributed by atoms with van der Waals surface area (Å²) in [6, 6.07) is -0.0509. The molecule has 0 radical (unpaired) electrons. The predicted octanol–water partition coefficient (Wildman–Crippen LogP) is 1.18. The summed E-state index contributed by atoms with van der Waals surface area (Å²) in [6.07, 6.45) is 1.02. The molecule has 0 spiro atoms. The number of hydrogen-bond donors (Lipinski definition) is 1. The zero-order valence-corrected chi connectivity index (χ0v) is 8.71. The van der Waals surface area contributed by atoms with E-state index in [1.165, 1.54) is 0 Å². The fraction of sp³-hybridized carbons (Fsp3) is 0.600. The molecule has 80 valence electrons. The number of nitrogens with one attached hydrogen (secondary N) is 1. The number of carbonyl (C=O) groups is 2. The zero-order chi connectivity index (χ0) is 11.0. The fourth-order valence-corrected chi connectivity index (χ4v) is 1.22. The van der Waals surface area contributed by atoms with Crippen LogP contribution in [0.1, 0.15) is 19.8 Å². The monoisotopic (exact) mass is 198 g/mol. The van der Waals surface area contributed by atoms with Gasteiger partial charge in [0.2, 0.25) is 0 Å². The summed E-state index contributed by atoms with van der Waals surface area (Å²) in [4.78, 5) is 23.7. The molecule has 1 aliphatic heterocycles. The minimum atomic E-state index is -0.0509. The minimum absolute atomic E-state index is 0.0509. The summed E-state index contributed by atoms with van der Waals surface area (Å²) in [5, 5.41) is 2.71. The number of amides is 2. The van der Waals surface area contributed by atoms with Crippen LogP contribution in [0.5, 0.6) is 0 Å². The summed E-state index contributed by atoms with van der Waals surface area (Å²) in [6.45, 7) is 9.67. The molecule has 1 N–H and O–H groups in total. The molecule has 0 saturated carbocycles. The Kier molecular flexibility index (Phi) is 6.45. The molecule has 1 saturated heterocycles. The Morgan fingerprint density at radius 2 is 1.93 bits per heavy atom. The van der Waals surface area contributed by atoms with Crippen LogP contribution in [0.25, 0.3) is 0 Å². The van der Waals surface area contributed by atoms with Gasteiger partial charge in [0.25, 0.3) is 0 Å². The van der Waals surface area contributed by atoms with E-state index in [4.69, 9.17) is 0 Å². The Morgan fingerprint density at radius 3 is 2.36 bits per heavy atom. The third-order valence-corrected chi connectivity index (χ3v) is 1.94. The summed E-state index contributed by atoms with van der Waals surface area (Å²) >= 11 is 0. The lowest BCUT2D eigenvalue weighted by Crippen LogP contribution is -2.44. The molecule has 1 fully saturated rings. The second kappa shape index (κ2) is 7.12. The topological polar surface area (TPSA) is 49.4 Å². The van der Waals surface area contributed by atoms with Crippen molar-refractivity contribution in [3.05, 3.63) is 13.2 Å². The van der Waals surface area contributed by atoms with Crippen molar-refractivity contribution in [1.29, 1.82) is 0 Å². The summed E-state index contributed by atoms with van der Waals surface area (Å²) in [5.41, 5.74) is 0. The second-order valence-corrected chi connectivity index (χ2v) is 2.86. The van der Waals surface area contributed by atoms with Gasteiger partial charge in [-0.2, -0.15) is 0 Å². The summed E-state index contributed by atoms with van der Waals surface area (Å²) < 4.78 is 0. The molecular weight excluding hydrogens is 180 g/mol. The lowest BCUT2D eigenvalue weighted by Gasteiger charge is -2.25. The maximum absolute atomic E-state index is 11.2. The van der Waals surface area contributed by atoms with Crippen molar-refractivity contribution in [2.45, 2.75) is 19.8 Å². The van der Waals surface area contributed by atoms with Gasteiger partial charge in [-0.25, -0.2) is 4.79 Å². The number of rotatable bonds is 1. The predicted molar refractivity (Wildman–Crippen MR) is 56.1 cm³/mol. The molecular formula is C10H18N2O2. The van der Waals surface area contributed by atoms with Crippen molar-refractivity contribution >= 4 is 11.8 Å². The molecule has 0 unspecified atom stereocenters. The number of Topliss-reactive ketones (excluding diaryl/α,β-unsaturated/α-hetero) is 1. The highest BCUT2D eigenvalue weighted by Crippen LogP contribution is 2.04. The number of piperidine rings is 1. The summed E-state index contributed by atoms with van der Waals surface area (Å²) in [5.74, 6) is 0.260. The average molecular weight is 198 g/mol. The van der Waals surface area contributed by atoms with Crippen LogP contribution < -0.4 is 5.32 Å². The molecule has 1 heterocycles. The molecule has 4 heteroatoms. The standard InChI is InChI=1S/C8H14N2O2.C2H4/c1-2-9-8(12)10-5-3-7(11)4-6-10;1-2/h2-6H2,1H3,(H,9,12);1-2H2. The first kappa shape index (κ1) is 12.7. The lowest BCUT2D eigenvalue weighted by molar-refractivity contribution is -0.120. The highest BCUT2D eigenvalue weighted by molar-refractivity contribution is 5.82. The zero-order valence-electron chi connectivity index (χ0n) is 8.71. The Balaban J connectivity index is 0.000000791. The van der Waals surface area contributed by atoms with Crippen molar-refractivity contribution < 1.29 is 9.59 Å². The molecule has 0 atom stereocenters. The molecule has 4 nitrogen and oxygen atoms in total. The van der Waals surface area contributed by atoms with Gasteiger partial charge in [-0.15, -0.1) is 13.2 Å². The first-order valence-corrected chi connectivity index (χ1v) is 4.78. The van der Waals surface area contributed by atoms with E-state index in [9.17, 15) is 9.59 Å². The van der Waals surface area contributed by atoms with E-state index >= 15 is 0 Å². The van der Waals surface area contributed by atoms with Gasteiger partial charge in [0.05, 0.1) is 0 Å². The number of nitrogens with zero attached hydrogens (tertiary/aromatic N) is 1. The van der Waals surface area contributed by atoms with Gasteiger partial charge in [0.1, 0.15) is 5.78 Å². The van der Waals surface area contributed by atoms with E-state index in [2.05, 4.69) is 18.5 Å². The second-order valence-electron chi connectivity index (χ2n) is 2.86. The van der Waals surface area contributed by atoms with E-state index < -0.39 is 0 Å². The van der Waals surface area contributed by atoms with Crippen molar-refractivity contribution in [3.8, 4) is 0 Å². The molecule has 0 aliphatic carbocycles. The number of likely N-dealkylation sites (tertiary alicyclic amines) is 1. The van der Waals surface area contributed by atoms with Gasteiger partial charge >= 0.3 is 6.03 Å². The number of carbonyl (C=O) groups excluding carboxylic acids is 2. The fourth-order valence-electron chi connectivity index (χ4n) is 1.22. The van der Waals surface area contributed by atoms with Crippen LogP contribution in [0.4, 0.5) is 4.79 Å². The maximum Gasteiger partial charge on any atom is 0.317 e. The number of urea groups is 1. The van der Waals surface area contributed by atoms with Crippen molar-refractivity contribution in [2.75, 3.05) is 19.6 Å². The molecule has 1 rings (SSSR count). The van der Waals surface area contributed by atoms with E-state index in [0.29, 0.717) is 32.5 Å². The number of hydrogen-bond acceptors (Lipinski definition) is 2. The molecule has 0 aromatic rings. The molecule has 0 aromatic heterocycles. The molecule has 2 amide bonds. The van der Waals surface area contributed by atoms with Crippen LogP contribution in [0.15, 0.2) is 13.2 Å². The van der Waals surface area contributed by atoms with E-state index in [-0.39, 0.29) is 11.8 Å².